The Bertz CT molecular complexity index is 1000. The molecule has 0 aliphatic rings. The molecule has 1 amide bonds. The SMILES string of the molecule is CCc1ccc(Nc2nnc(S[C@@H](C)C(=O)Nc3cccc(C(C)=O)c3)s2)cc1. The molecular formula is C21H22N4O2S2. The molecule has 2 aromatic carbocycles. The van der Waals surface area contributed by atoms with E-state index in [4.69, 9.17) is 0 Å². The predicted molar refractivity (Wildman–Crippen MR) is 119 cm³/mol. The van der Waals surface area contributed by atoms with Crippen LogP contribution in [0.25, 0.3) is 0 Å². The van der Waals surface area contributed by atoms with Crippen LogP contribution in [0.1, 0.15) is 36.7 Å². The zero-order valence-corrected chi connectivity index (χ0v) is 18.1. The fourth-order valence-electron chi connectivity index (χ4n) is 2.52. The first-order chi connectivity index (χ1) is 13.9. The average molecular weight is 427 g/mol. The van der Waals surface area contributed by atoms with Gasteiger partial charge in [-0.15, -0.1) is 10.2 Å². The van der Waals surface area contributed by atoms with E-state index in [2.05, 4.69) is 39.9 Å². The number of Topliss-reactive ketones (excluding diaryl/α,β-unsaturated/α-hetero) is 1. The van der Waals surface area contributed by atoms with Gasteiger partial charge in [-0.2, -0.15) is 0 Å². The first kappa shape index (κ1) is 21.0. The second kappa shape index (κ2) is 9.67. The second-order valence-electron chi connectivity index (χ2n) is 6.43. The Morgan fingerprint density at radius 1 is 1.10 bits per heavy atom. The summed E-state index contributed by atoms with van der Waals surface area (Å²) in [6, 6.07) is 15.1. The van der Waals surface area contributed by atoms with Crippen LogP contribution in [0.4, 0.5) is 16.5 Å². The van der Waals surface area contributed by atoms with Crippen LogP contribution in [-0.2, 0) is 11.2 Å². The molecule has 1 heterocycles. The van der Waals surface area contributed by atoms with E-state index in [9.17, 15) is 9.59 Å². The van der Waals surface area contributed by atoms with Crippen molar-refractivity contribution in [2.24, 2.45) is 0 Å². The molecule has 0 spiro atoms. The van der Waals surface area contributed by atoms with Crippen LogP contribution in [0.3, 0.4) is 0 Å². The molecule has 1 aromatic heterocycles. The van der Waals surface area contributed by atoms with Crippen molar-refractivity contribution < 1.29 is 9.59 Å². The maximum Gasteiger partial charge on any atom is 0.237 e. The number of nitrogens with one attached hydrogen (secondary N) is 2. The first-order valence-corrected chi connectivity index (χ1v) is 10.9. The Labute approximate surface area is 178 Å². The van der Waals surface area contributed by atoms with Crippen molar-refractivity contribution in [3.63, 3.8) is 0 Å². The lowest BCUT2D eigenvalue weighted by molar-refractivity contribution is -0.115. The molecule has 150 valence electrons. The Morgan fingerprint density at radius 3 is 2.55 bits per heavy atom. The van der Waals surface area contributed by atoms with Crippen molar-refractivity contribution in [3.8, 4) is 0 Å². The number of carbonyl (C=O) groups is 2. The van der Waals surface area contributed by atoms with Gasteiger partial charge in [0.2, 0.25) is 11.0 Å². The van der Waals surface area contributed by atoms with E-state index in [1.807, 2.05) is 19.1 Å². The van der Waals surface area contributed by atoms with Crippen molar-refractivity contribution in [1.29, 1.82) is 0 Å². The summed E-state index contributed by atoms with van der Waals surface area (Å²) < 4.78 is 0.706. The average Bonchev–Trinajstić information content (AvgIpc) is 3.15. The van der Waals surface area contributed by atoms with Crippen molar-refractivity contribution >= 4 is 51.3 Å². The molecule has 0 unspecified atom stereocenters. The van der Waals surface area contributed by atoms with E-state index in [0.717, 1.165) is 12.1 Å². The van der Waals surface area contributed by atoms with Gasteiger partial charge < -0.3 is 10.6 Å². The van der Waals surface area contributed by atoms with E-state index < -0.39 is 0 Å². The van der Waals surface area contributed by atoms with Crippen molar-refractivity contribution in [2.75, 3.05) is 10.6 Å². The number of anilines is 3. The Morgan fingerprint density at radius 2 is 1.86 bits per heavy atom. The molecule has 3 aromatic rings. The van der Waals surface area contributed by atoms with E-state index in [-0.39, 0.29) is 16.9 Å². The molecule has 0 saturated heterocycles. The third-order valence-corrected chi connectivity index (χ3v) is 6.23. The number of amides is 1. The maximum absolute atomic E-state index is 12.5. The molecule has 3 rings (SSSR count). The standard InChI is InChI=1S/C21H22N4O2S2/c1-4-15-8-10-17(11-9-15)23-20-24-25-21(29-20)28-14(3)19(27)22-18-7-5-6-16(12-18)13(2)26/h5-12,14H,4H2,1-3H3,(H,22,27)(H,23,24)/t14-/m0/s1. The number of hydrogen-bond donors (Lipinski definition) is 2. The van der Waals surface area contributed by atoms with Gasteiger partial charge >= 0.3 is 0 Å². The van der Waals surface area contributed by atoms with Gasteiger partial charge in [0.1, 0.15) is 0 Å². The molecule has 8 heteroatoms. The quantitative estimate of drug-likeness (QED) is 0.382. The van der Waals surface area contributed by atoms with E-state index >= 15 is 0 Å². The zero-order chi connectivity index (χ0) is 20.8. The minimum atomic E-state index is -0.361. The number of benzene rings is 2. The Kier molecular flexibility index (Phi) is 7.00. The minimum Gasteiger partial charge on any atom is -0.330 e. The highest BCUT2D eigenvalue weighted by Crippen LogP contribution is 2.31. The van der Waals surface area contributed by atoms with Gasteiger partial charge in [0.05, 0.1) is 5.25 Å². The van der Waals surface area contributed by atoms with Crippen molar-refractivity contribution in [1.82, 2.24) is 10.2 Å². The number of aromatic nitrogens is 2. The van der Waals surface area contributed by atoms with Gasteiger partial charge in [-0.25, -0.2) is 0 Å². The number of rotatable bonds is 8. The number of hydrogen-bond acceptors (Lipinski definition) is 7. The molecule has 29 heavy (non-hydrogen) atoms. The number of ketones is 1. The van der Waals surface area contributed by atoms with Crippen LogP contribution in [-0.4, -0.2) is 27.1 Å². The maximum atomic E-state index is 12.5. The van der Waals surface area contributed by atoms with Crippen LogP contribution in [0.5, 0.6) is 0 Å². The van der Waals surface area contributed by atoms with Gasteiger partial charge in [0, 0.05) is 16.9 Å². The highest BCUT2D eigenvalue weighted by atomic mass is 32.2. The van der Waals surface area contributed by atoms with E-state index in [0.29, 0.717) is 20.7 Å². The summed E-state index contributed by atoms with van der Waals surface area (Å²) in [5.74, 6) is -0.197. The molecule has 0 radical (unpaired) electrons. The van der Waals surface area contributed by atoms with E-state index in [1.165, 1.54) is 35.6 Å². The van der Waals surface area contributed by atoms with Gasteiger partial charge in [0.25, 0.3) is 0 Å². The highest BCUT2D eigenvalue weighted by molar-refractivity contribution is 8.02. The van der Waals surface area contributed by atoms with Crippen LogP contribution < -0.4 is 10.6 Å². The van der Waals surface area contributed by atoms with Crippen LogP contribution in [0.15, 0.2) is 52.9 Å². The van der Waals surface area contributed by atoms with Gasteiger partial charge in [0.15, 0.2) is 10.1 Å². The summed E-state index contributed by atoms with van der Waals surface area (Å²) in [5.41, 5.74) is 3.39. The molecule has 0 aliphatic heterocycles. The van der Waals surface area contributed by atoms with Gasteiger partial charge in [-0.3, -0.25) is 9.59 Å². The number of carbonyl (C=O) groups excluding carboxylic acids is 2. The lowest BCUT2D eigenvalue weighted by Gasteiger charge is -2.10. The normalized spacial score (nSPS) is 11.7. The smallest absolute Gasteiger partial charge is 0.237 e. The Hall–Kier alpha value is -2.71. The molecule has 0 bridgehead atoms. The minimum absolute atomic E-state index is 0.0401. The molecule has 1 atom stereocenters. The van der Waals surface area contributed by atoms with Crippen LogP contribution in [0, 0.1) is 0 Å². The molecule has 0 aliphatic carbocycles. The number of nitrogens with zero attached hydrogens (tertiary/aromatic N) is 2. The lowest BCUT2D eigenvalue weighted by Crippen LogP contribution is -2.22. The first-order valence-electron chi connectivity index (χ1n) is 9.22. The molecule has 6 nitrogen and oxygen atoms in total. The largest absolute Gasteiger partial charge is 0.330 e. The summed E-state index contributed by atoms with van der Waals surface area (Å²) in [5, 5.41) is 14.7. The van der Waals surface area contributed by atoms with E-state index in [1.54, 1.807) is 24.3 Å². The summed E-state index contributed by atoms with van der Waals surface area (Å²) in [6.07, 6.45) is 0.999. The summed E-state index contributed by atoms with van der Waals surface area (Å²) in [6.45, 7) is 5.43. The Balaban J connectivity index is 1.57. The van der Waals surface area contributed by atoms with Crippen molar-refractivity contribution in [3.05, 3.63) is 59.7 Å². The molecule has 0 fully saturated rings. The van der Waals surface area contributed by atoms with Gasteiger partial charge in [-0.05, 0) is 50.1 Å². The van der Waals surface area contributed by atoms with Crippen LogP contribution in [0.2, 0.25) is 0 Å². The molecule has 2 N–H and O–H groups in total. The van der Waals surface area contributed by atoms with Crippen LogP contribution >= 0.6 is 23.1 Å². The van der Waals surface area contributed by atoms with Gasteiger partial charge in [-0.1, -0.05) is 54.3 Å². The monoisotopic (exact) mass is 426 g/mol. The third-order valence-electron chi connectivity index (χ3n) is 4.20. The summed E-state index contributed by atoms with van der Waals surface area (Å²) in [4.78, 5) is 24.0. The predicted octanol–water partition coefficient (Wildman–Crippen LogP) is 5.17. The van der Waals surface area contributed by atoms with Crippen molar-refractivity contribution in [2.45, 2.75) is 36.8 Å². The highest BCUT2D eigenvalue weighted by Gasteiger charge is 2.18. The zero-order valence-electron chi connectivity index (χ0n) is 16.4. The summed E-state index contributed by atoms with van der Waals surface area (Å²) >= 11 is 2.75. The lowest BCUT2D eigenvalue weighted by atomic mass is 10.1. The number of thioether (sulfide) groups is 1. The number of aryl methyl sites for hydroxylation is 1. The topological polar surface area (TPSA) is 84.0 Å². The molecule has 0 saturated carbocycles. The second-order valence-corrected chi connectivity index (χ2v) is 9.00. The summed E-state index contributed by atoms with van der Waals surface area (Å²) in [7, 11) is 0. The fraction of sp³-hybridized carbons (Fsp3) is 0.238. The molecular weight excluding hydrogens is 404 g/mol. The fourth-order valence-corrected chi connectivity index (χ4v) is 4.44. The third kappa shape index (κ3) is 5.88.